The summed E-state index contributed by atoms with van der Waals surface area (Å²) < 4.78 is 20.1. The molecule has 1 aliphatic heterocycles. The lowest BCUT2D eigenvalue weighted by Gasteiger charge is -2.42. The van der Waals surface area contributed by atoms with E-state index in [0.29, 0.717) is 11.4 Å². The Morgan fingerprint density at radius 3 is 2.38 bits per heavy atom. The minimum absolute atomic E-state index is 0.0634. The van der Waals surface area contributed by atoms with Crippen LogP contribution in [0.4, 0.5) is 21.5 Å². The number of ether oxygens (including phenoxy) is 1. The fourth-order valence-corrected chi connectivity index (χ4v) is 5.60. The van der Waals surface area contributed by atoms with Gasteiger partial charge >= 0.3 is 0 Å². The summed E-state index contributed by atoms with van der Waals surface area (Å²) in [5.74, 6) is 1.42. The summed E-state index contributed by atoms with van der Waals surface area (Å²) in [5, 5.41) is 11.5. The Balaban J connectivity index is 1.27. The smallest absolute Gasteiger partial charge is 0.125 e. The van der Waals surface area contributed by atoms with Gasteiger partial charge in [-0.1, -0.05) is 61.2 Å². The summed E-state index contributed by atoms with van der Waals surface area (Å²) in [7, 11) is 0. The number of benzene rings is 4. The van der Waals surface area contributed by atoms with Gasteiger partial charge < -0.3 is 25.3 Å². The van der Waals surface area contributed by atoms with Crippen LogP contribution < -0.4 is 15.0 Å². The van der Waals surface area contributed by atoms with E-state index in [-0.39, 0.29) is 18.0 Å². The van der Waals surface area contributed by atoms with Crippen LogP contribution in [0.25, 0.3) is 0 Å². The van der Waals surface area contributed by atoms with Gasteiger partial charge in [0.15, 0.2) is 0 Å². The molecule has 0 aliphatic carbocycles. The standard InChI is InChI=1S/C36H39FN4O/c1-25-11-8-9-16-36(25)41(27(3)29-12-6-5-7-13-29)28(4)40-21-19-32(20-22-40)42-33-17-18-35(34(24-33)26(2)38)39-31-15-10-14-30(37)23-31/h5-18,23-24,27,32,38-39H,4,19-22H2,1-3H3. The first kappa shape index (κ1) is 28.9. The molecule has 0 saturated carbocycles. The van der Waals surface area contributed by atoms with Gasteiger partial charge in [-0.3, -0.25) is 0 Å². The average molecular weight is 563 g/mol. The summed E-state index contributed by atoms with van der Waals surface area (Å²) in [6.07, 6.45) is 1.79. The van der Waals surface area contributed by atoms with Gasteiger partial charge in [-0.25, -0.2) is 4.39 Å². The van der Waals surface area contributed by atoms with Gasteiger partial charge in [-0.05, 0) is 74.4 Å². The van der Waals surface area contributed by atoms with E-state index >= 15 is 0 Å². The predicted molar refractivity (Wildman–Crippen MR) is 172 cm³/mol. The van der Waals surface area contributed by atoms with Gasteiger partial charge in [0.25, 0.3) is 0 Å². The van der Waals surface area contributed by atoms with Crippen molar-refractivity contribution >= 4 is 22.8 Å². The van der Waals surface area contributed by atoms with Gasteiger partial charge in [0.1, 0.15) is 23.5 Å². The predicted octanol–water partition coefficient (Wildman–Crippen LogP) is 8.85. The molecule has 1 unspecified atom stereocenters. The number of likely N-dealkylation sites (tertiary alicyclic amines) is 1. The molecule has 0 spiro atoms. The zero-order valence-corrected chi connectivity index (χ0v) is 24.6. The van der Waals surface area contributed by atoms with E-state index in [1.807, 2.05) is 18.2 Å². The fraction of sp³-hybridized carbons (Fsp3) is 0.250. The van der Waals surface area contributed by atoms with E-state index in [9.17, 15) is 4.39 Å². The van der Waals surface area contributed by atoms with Gasteiger partial charge in [-0.2, -0.15) is 0 Å². The first-order valence-electron chi connectivity index (χ1n) is 14.5. The zero-order chi connectivity index (χ0) is 29.6. The highest BCUT2D eigenvalue weighted by atomic mass is 19.1. The molecule has 0 aromatic heterocycles. The normalized spacial score (nSPS) is 14.2. The van der Waals surface area contributed by atoms with E-state index in [1.165, 1.54) is 28.9 Å². The minimum Gasteiger partial charge on any atom is -0.490 e. The lowest BCUT2D eigenvalue weighted by atomic mass is 10.0. The lowest BCUT2D eigenvalue weighted by molar-refractivity contribution is 0.115. The van der Waals surface area contributed by atoms with Crippen molar-refractivity contribution in [3.63, 3.8) is 0 Å². The molecule has 6 heteroatoms. The lowest BCUT2D eigenvalue weighted by Crippen LogP contribution is -2.43. The number of nitrogens with one attached hydrogen (secondary N) is 2. The van der Waals surface area contributed by atoms with Crippen LogP contribution in [0.2, 0.25) is 0 Å². The van der Waals surface area contributed by atoms with Crippen molar-refractivity contribution in [1.29, 1.82) is 5.41 Å². The zero-order valence-electron chi connectivity index (χ0n) is 24.6. The third-order valence-electron chi connectivity index (χ3n) is 7.93. The molecule has 1 aliphatic rings. The maximum absolute atomic E-state index is 13.7. The topological polar surface area (TPSA) is 51.6 Å². The first-order chi connectivity index (χ1) is 20.3. The van der Waals surface area contributed by atoms with Crippen molar-refractivity contribution in [2.75, 3.05) is 23.3 Å². The second kappa shape index (κ2) is 12.9. The Morgan fingerprint density at radius 2 is 1.69 bits per heavy atom. The highest BCUT2D eigenvalue weighted by Gasteiger charge is 2.28. The van der Waals surface area contributed by atoms with Crippen LogP contribution in [-0.4, -0.2) is 29.8 Å². The second-order valence-electron chi connectivity index (χ2n) is 10.9. The Bertz CT molecular complexity index is 1550. The molecular formula is C36H39FN4O. The van der Waals surface area contributed by atoms with E-state index in [4.69, 9.17) is 10.1 Å². The summed E-state index contributed by atoms with van der Waals surface area (Å²) in [4.78, 5) is 4.72. The van der Waals surface area contributed by atoms with E-state index in [2.05, 4.69) is 90.1 Å². The molecule has 216 valence electrons. The summed E-state index contributed by atoms with van der Waals surface area (Å²) in [5.41, 5.74) is 6.15. The Hall–Kier alpha value is -4.58. The molecule has 42 heavy (non-hydrogen) atoms. The Labute approximate surface area is 248 Å². The molecule has 0 amide bonds. The molecule has 1 heterocycles. The third-order valence-corrected chi connectivity index (χ3v) is 7.93. The van der Waals surface area contributed by atoms with Crippen molar-refractivity contribution in [3.8, 4) is 5.75 Å². The number of anilines is 3. The van der Waals surface area contributed by atoms with E-state index in [0.717, 1.165) is 48.8 Å². The van der Waals surface area contributed by atoms with Gasteiger partial charge in [-0.15, -0.1) is 0 Å². The number of hydrogen-bond donors (Lipinski definition) is 2. The molecule has 5 nitrogen and oxygen atoms in total. The van der Waals surface area contributed by atoms with Crippen molar-refractivity contribution in [2.45, 2.75) is 45.8 Å². The molecule has 1 saturated heterocycles. The molecule has 1 atom stereocenters. The number of aryl methyl sites for hydroxylation is 1. The molecule has 0 bridgehead atoms. The maximum Gasteiger partial charge on any atom is 0.125 e. The third kappa shape index (κ3) is 6.65. The van der Waals surface area contributed by atoms with Gasteiger partial charge in [0.05, 0.1) is 6.04 Å². The number of hydrogen-bond acceptors (Lipinski definition) is 5. The highest BCUT2D eigenvalue weighted by molar-refractivity contribution is 6.02. The summed E-state index contributed by atoms with van der Waals surface area (Å²) in [6.45, 7) is 12.4. The van der Waals surface area contributed by atoms with Crippen LogP contribution in [0.5, 0.6) is 5.75 Å². The Morgan fingerprint density at radius 1 is 0.976 bits per heavy atom. The summed E-state index contributed by atoms with van der Waals surface area (Å²) in [6, 6.07) is 31.2. The SMILES string of the molecule is C=C(N1CCC(Oc2ccc(Nc3cccc(F)c3)c(C(C)=N)c2)CC1)N(c1ccccc1C)C(C)c1ccccc1. The summed E-state index contributed by atoms with van der Waals surface area (Å²) >= 11 is 0. The molecule has 4 aromatic carbocycles. The van der Waals surface area contributed by atoms with Gasteiger partial charge in [0, 0.05) is 54.3 Å². The second-order valence-corrected chi connectivity index (χ2v) is 10.9. The number of halogens is 1. The van der Waals surface area contributed by atoms with Crippen molar-refractivity contribution in [2.24, 2.45) is 0 Å². The number of piperidine rings is 1. The minimum atomic E-state index is -0.307. The van der Waals surface area contributed by atoms with Crippen molar-refractivity contribution in [3.05, 3.63) is 132 Å². The number of rotatable bonds is 10. The van der Waals surface area contributed by atoms with Crippen LogP contribution in [-0.2, 0) is 0 Å². The van der Waals surface area contributed by atoms with E-state index in [1.54, 1.807) is 19.1 Å². The maximum atomic E-state index is 13.7. The fourth-order valence-electron chi connectivity index (χ4n) is 5.60. The number of nitrogens with zero attached hydrogens (tertiary/aromatic N) is 2. The molecule has 2 N–H and O–H groups in total. The van der Waals surface area contributed by atoms with Gasteiger partial charge in [0.2, 0.25) is 0 Å². The van der Waals surface area contributed by atoms with Crippen molar-refractivity contribution in [1.82, 2.24) is 4.90 Å². The largest absolute Gasteiger partial charge is 0.490 e. The van der Waals surface area contributed by atoms with E-state index < -0.39 is 0 Å². The Kier molecular flexibility index (Phi) is 8.91. The van der Waals surface area contributed by atoms with Crippen LogP contribution in [0.3, 0.4) is 0 Å². The van der Waals surface area contributed by atoms with Crippen LogP contribution in [0.15, 0.2) is 109 Å². The number of para-hydroxylation sites is 1. The van der Waals surface area contributed by atoms with Crippen LogP contribution >= 0.6 is 0 Å². The quantitative estimate of drug-likeness (QED) is 0.190. The van der Waals surface area contributed by atoms with Crippen molar-refractivity contribution < 1.29 is 9.13 Å². The van der Waals surface area contributed by atoms with Crippen LogP contribution in [0.1, 0.15) is 49.4 Å². The molecule has 4 aromatic rings. The first-order valence-corrected chi connectivity index (χ1v) is 14.5. The monoisotopic (exact) mass is 562 g/mol. The van der Waals surface area contributed by atoms with Crippen LogP contribution in [0, 0.1) is 18.2 Å². The molecule has 5 rings (SSSR count). The molecule has 1 fully saturated rings. The molecule has 0 radical (unpaired) electrons. The highest BCUT2D eigenvalue weighted by Crippen LogP contribution is 2.35. The molecular weight excluding hydrogens is 523 g/mol. The average Bonchev–Trinajstić information content (AvgIpc) is 2.99.